The molecule has 0 amide bonds. The number of rotatable bonds is 6. The van der Waals surface area contributed by atoms with Gasteiger partial charge in [0.2, 0.25) is 0 Å². The highest BCUT2D eigenvalue weighted by Gasteiger charge is 2.14. The van der Waals surface area contributed by atoms with Gasteiger partial charge in [0.1, 0.15) is 5.75 Å². The highest BCUT2D eigenvalue weighted by atomic mass is 32.1. The largest absolute Gasteiger partial charge is 0.497 e. The highest BCUT2D eigenvalue weighted by Crippen LogP contribution is 2.19. The molecule has 0 aromatic heterocycles. The average molecular weight is 238 g/mol. The molecule has 0 aliphatic carbocycles. The Labute approximate surface area is 102 Å². The molecule has 0 bridgehead atoms. The van der Waals surface area contributed by atoms with Crippen molar-refractivity contribution in [3.8, 4) is 5.75 Å². The molecule has 0 heterocycles. The van der Waals surface area contributed by atoms with Gasteiger partial charge in [0, 0.05) is 5.92 Å². The molecule has 88 valence electrons. The summed E-state index contributed by atoms with van der Waals surface area (Å²) in [5, 5.41) is -0.0160. The predicted molar refractivity (Wildman–Crippen MR) is 69.1 cm³/mol. The highest BCUT2D eigenvalue weighted by molar-refractivity contribution is 7.96. The summed E-state index contributed by atoms with van der Waals surface area (Å²) in [6.45, 7) is 2.08. The van der Waals surface area contributed by atoms with Crippen LogP contribution in [0.4, 0.5) is 0 Å². The van der Waals surface area contributed by atoms with Crippen molar-refractivity contribution in [2.75, 3.05) is 7.11 Å². The lowest BCUT2D eigenvalue weighted by molar-refractivity contribution is -0.114. The summed E-state index contributed by atoms with van der Waals surface area (Å²) in [5.74, 6) is 0.870. The van der Waals surface area contributed by atoms with E-state index in [1.165, 1.54) is 0 Å². The lowest BCUT2D eigenvalue weighted by Crippen LogP contribution is -2.11. The molecule has 1 atom stereocenters. The van der Waals surface area contributed by atoms with Gasteiger partial charge in [-0.3, -0.25) is 4.79 Å². The van der Waals surface area contributed by atoms with Crippen LogP contribution in [0, 0.1) is 5.92 Å². The van der Waals surface area contributed by atoms with E-state index < -0.39 is 0 Å². The van der Waals surface area contributed by atoms with Gasteiger partial charge in [0.25, 0.3) is 0 Å². The zero-order chi connectivity index (χ0) is 12.0. The lowest BCUT2D eigenvalue weighted by atomic mass is 9.96. The Morgan fingerprint density at radius 2 is 2.00 bits per heavy atom. The third-order valence-corrected chi connectivity index (χ3v) is 2.99. The van der Waals surface area contributed by atoms with Gasteiger partial charge >= 0.3 is 0 Å². The summed E-state index contributed by atoms with van der Waals surface area (Å²) in [7, 11) is 1.64. The second-order valence-electron chi connectivity index (χ2n) is 3.88. The van der Waals surface area contributed by atoms with Crippen molar-refractivity contribution in [3.05, 3.63) is 29.8 Å². The fourth-order valence-corrected chi connectivity index (χ4v) is 1.93. The summed E-state index contributed by atoms with van der Waals surface area (Å²) < 4.78 is 5.09. The van der Waals surface area contributed by atoms with E-state index >= 15 is 0 Å². The topological polar surface area (TPSA) is 26.3 Å². The number of carbonyl (C=O) groups is 1. The second-order valence-corrected chi connectivity index (χ2v) is 4.32. The first-order valence-electron chi connectivity index (χ1n) is 5.53. The predicted octanol–water partition coefficient (Wildman–Crippen LogP) is 3.11. The maximum absolute atomic E-state index is 11.3. The van der Waals surface area contributed by atoms with Gasteiger partial charge in [-0.1, -0.05) is 25.5 Å². The van der Waals surface area contributed by atoms with Crippen LogP contribution in [-0.2, 0) is 11.2 Å². The molecule has 0 N–H and O–H groups in total. The molecule has 1 unspecified atom stereocenters. The second kappa shape index (κ2) is 6.59. The van der Waals surface area contributed by atoms with Crippen molar-refractivity contribution >= 4 is 17.7 Å². The molecule has 0 fully saturated rings. The molecule has 0 aliphatic rings. The number of methoxy groups -OCH3 is 1. The van der Waals surface area contributed by atoms with Crippen LogP contribution in [0.15, 0.2) is 24.3 Å². The minimum absolute atomic E-state index is 0.0160. The fourth-order valence-electron chi connectivity index (χ4n) is 1.71. The van der Waals surface area contributed by atoms with Gasteiger partial charge in [-0.15, -0.1) is 12.6 Å². The van der Waals surface area contributed by atoms with Crippen molar-refractivity contribution in [2.45, 2.75) is 26.2 Å². The minimum Gasteiger partial charge on any atom is -0.497 e. The summed E-state index contributed by atoms with van der Waals surface area (Å²) in [4.78, 5) is 11.3. The quantitative estimate of drug-likeness (QED) is 0.771. The standard InChI is InChI=1S/C13H18O2S/c1-3-4-11(13(14)16)9-10-5-7-12(15-2)8-6-10/h5-8,11H,3-4,9H2,1-2H3,(H,14,16). The Bertz CT molecular complexity index is 332. The summed E-state index contributed by atoms with van der Waals surface area (Å²) in [6, 6.07) is 7.83. The van der Waals surface area contributed by atoms with Crippen LogP contribution >= 0.6 is 12.6 Å². The Morgan fingerprint density at radius 3 is 2.44 bits per heavy atom. The molecule has 0 saturated heterocycles. The Kier molecular flexibility index (Phi) is 5.39. The van der Waals surface area contributed by atoms with Gasteiger partial charge in [-0.25, -0.2) is 0 Å². The number of benzene rings is 1. The molecule has 0 saturated carbocycles. The zero-order valence-corrected chi connectivity index (χ0v) is 10.7. The molecule has 0 radical (unpaired) electrons. The first-order chi connectivity index (χ1) is 7.67. The number of hydrogen-bond acceptors (Lipinski definition) is 2. The molecule has 3 heteroatoms. The molecule has 0 aliphatic heterocycles. The average Bonchev–Trinajstić information content (AvgIpc) is 2.29. The number of carbonyl (C=O) groups excluding carboxylic acids is 1. The number of hydrogen-bond donors (Lipinski definition) is 1. The summed E-state index contributed by atoms with van der Waals surface area (Å²) in [5.41, 5.74) is 1.15. The molecule has 1 rings (SSSR count). The Balaban J connectivity index is 2.65. The monoisotopic (exact) mass is 238 g/mol. The van der Waals surface area contributed by atoms with Crippen LogP contribution in [0.3, 0.4) is 0 Å². The van der Waals surface area contributed by atoms with E-state index in [0.717, 1.165) is 30.6 Å². The fraction of sp³-hybridized carbons (Fsp3) is 0.462. The number of ether oxygens (including phenoxy) is 1. The van der Waals surface area contributed by atoms with E-state index in [1.807, 2.05) is 24.3 Å². The van der Waals surface area contributed by atoms with E-state index in [0.29, 0.717) is 0 Å². The summed E-state index contributed by atoms with van der Waals surface area (Å²) in [6.07, 6.45) is 2.67. The normalized spacial score (nSPS) is 12.2. The molecular formula is C13H18O2S. The maximum atomic E-state index is 11.3. The van der Waals surface area contributed by atoms with Gasteiger partial charge in [0.05, 0.1) is 7.11 Å². The van der Waals surface area contributed by atoms with Crippen LogP contribution in [0.1, 0.15) is 25.3 Å². The van der Waals surface area contributed by atoms with Gasteiger partial charge < -0.3 is 4.74 Å². The van der Waals surface area contributed by atoms with Gasteiger partial charge in [-0.2, -0.15) is 0 Å². The van der Waals surface area contributed by atoms with Gasteiger partial charge in [-0.05, 0) is 30.5 Å². The van der Waals surface area contributed by atoms with Crippen LogP contribution in [0.25, 0.3) is 0 Å². The van der Waals surface area contributed by atoms with E-state index in [1.54, 1.807) is 7.11 Å². The van der Waals surface area contributed by atoms with Crippen LogP contribution in [0.5, 0.6) is 5.75 Å². The van der Waals surface area contributed by atoms with Gasteiger partial charge in [0.15, 0.2) is 5.12 Å². The SMILES string of the molecule is CCCC(Cc1ccc(OC)cc1)C(=O)S. The van der Waals surface area contributed by atoms with Crippen molar-refractivity contribution in [2.24, 2.45) is 5.92 Å². The Morgan fingerprint density at radius 1 is 1.38 bits per heavy atom. The number of thiol groups is 1. The van der Waals surface area contributed by atoms with Crippen molar-refractivity contribution < 1.29 is 9.53 Å². The lowest BCUT2D eigenvalue weighted by Gasteiger charge is -2.12. The molecule has 1 aromatic rings. The third kappa shape index (κ3) is 3.89. The Hall–Kier alpha value is -0.960. The first-order valence-corrected chi connectivity index (χ1v) is 5.97. The summed E-state index contributed by atoms with van der Waals surface area (Å²) >= 11 is 3.93. The third-order valence-electron chi connectivity index (χ3n) is 2.63. The molecule has 16 heavy (non-hydrogen) atoms. The van der Waals surface area contributed by atoms with Crippen LogP contribution in [0.2, 0.25) is 0 Å². The molecular weight excluding hydrogens is 220 g/mol. The zero-order valence-electron chi connectivity index (χ0n) is 9.77. The molecule has 2 nitrogen and oxygen atoms in total. The minimum atomic E-state index is -0.0160. The molecule has 0 spiro atoms. The van der Waals surface area contributed by atoms with E-state index in [2.05, 4.69) is 19.6 Å². The van der Waals surface area contributed by atoms with Crippen molar-refractivity contribution in [1.29, 1.82) is 0 Å². The van der Waals surface area contributed by atoms with Crippen molar-refractivity contribution in [1.82, 2.24) is 0 Å². The van der Waals surface area contributed by atoms with Crippen LogP contribution < -0.4 is 4.74 Å². The maximum Gasteiger partial charge on any atom is 0.189 e. The van der Waals surface area contributed by atoms with E-state index in [4.69, 9.17) is 4.74 Å². The van der Waals surface area contributed by atoms with E-state index in [9.17, 15) is 4.79 Å². The molecule has 1 aromatic carbocycles. The van der Waals surface area contributed by atoms with E-state index in [-0.39, 0.29) is 11.0 Å². The van der Waals surface area contributed by atoms with Crippen LogP contribution in [-0.4, -0.2) is 12.2 Å². The van der Waals surface area contributed by atoms with Crippen molar-refractivity contribution in [3.63, 3.8) is 0 Å². The smallest absolute Gasteiger partial charge is 0.189 e. The first kappa shape index (κ1) is 13.1.